The van der Waals surface area contributed by atoms with Crippen LogP contribution < -0.4 is 15.4 Å². The highest BCUT2D eigenvalue weighted by molar-refractivity contribution is 9.10. The Hall–Kier alpha value is -2.78. The molecule has 0 saturated carbocycles. The monoisotopic (exact) mass is 476 g/mol. The maximum atomic E-state index is 14.0. The molecule has 1 fully saturated rings. The maximum absolute atomic E-state index is 14.0. The number of aryl methyl sites for hydroxylation is 1. The van der Waals surface area contributed by atoms with Crippen molar-refractivity contribution in [3.05, 3.63) is 64.3 Å². The minimum absolute atomic E-state index is 0.0458. The van der Waals surface area contributed by atoms with Crippen LogP contribution in [0.15, 0.2) is 47.1 Å². The molecule has 2 N–H and O–H groups in total. The predicted molar refractivity (Wildman–Crippen MR) is 113 cm³/mol. The van der Waals surface area contributed by atoms with Gasteiger partial charge in [0.15, 0.2) is 0 Å². The van der Waals surface area contributed by atoms with E-state index in [4.69, 9.17) is 4.74 Å². The van der Waals surface area contributed by atoms with Gasteiger partial charge in [-0.1, -0.05) is 0 Å². The van der Waals surface area contributed by atoms with E-state index in [2.05, 4.69) is 31.7 Å². The number of benzene rings is 2. The Balaban J connectivity index is 1.67. The van der Waals surface area contributed by atoms with Crippen LogP contribution in [-0.2, 0) is 7.05 Å². The Morgan fingerprint density at radius 3 is 2.80 bits per heavy atom. The van der Waals surface area contributed by atoms with Crippen molar-refractivity contribution in [1.82, 2.24) is 15.1 Å². The molecule has 156 valence electrons. The molecule has 0 radical (unpaired) electrons. The van der Waals surface area contributed by atoms with E-state index in [-0.39, 0.29) is 11.7 Å². The Labute approximate surface area is 180 Å². The number of carbonyl (C=O) groups is 1. The van der Waals surface area contributed by atoms with Crippen molar-refractivity contribution in [3.8, 4) is 17.0 Å². The van der Waals surface area contributed by atoms with Crippen LogP contribution in [0.2, 0.25) is 0 Å². The Morgan fingerprint density at radius 1 is 1.30 bits per heavy atom. The van der Waals surface area contributed by atoms with Gasteiger partial charge in [0.25, 0.3) is 5.91 Å². The van der Waals surface area contributed by atoms with Crippen molar-refractivity contribution in [2.45, 2.75) is 12.5 Å². The molecule has 0 aliphatic carbocycles. The van der Waals surface area contributed by atoms with Crippen molar-refractivity contribution in [1.29, 1.82) is 0 Å². The molecule has 1 atom stereocenters. The molecule has 4 rings (SSSR count). The molecular formula is C21H19BrF2N4O2. The van der Waals surface area contributed by atoms with Crippen LogP contribution >= 0.6 is 15.9 Å². The molecule has 1 aromatic heterocycles. The Bertz CT molecular complexity index is 1080. The first-order chi connectivity index (χ1) is 14.4. The normalized spacial score (nSPS) is 15.9. The van der Waals surface area contributed by atoms with E-state index in [0.29, 0.717) is 17.5 Å². The molecule has 2 aromatic carbocycles. The number of aromatic nitrogens is 2. The molecule has 0 spiro atoms. The number of nitrogens with one attached hydrogen (secondary N) is 2. The minimum Gasteiger partial charge on any atom is -0.488 e. The number of rotatable bonds is 5. The summed E-state index contributed by atoms with van der Waals surface area (Å²) in [6, 6.07) is 8.04. The Kier molecular flexibility index (Phi) is 5.83. The summed E-state index contributed by atoms with van der Waals surface area (Å²) in [5.74, 6) is -1.68. The summed E-state index contributed by atoms with van der Waals surface area (Å²) in [6.07, 6.45) is 2.62. The molecule has 1 amide bonds. The van der Waals surface area contributed by atoms with Crippen LogP contribution in [-0.4, -0.2) is 34.9 Å². The number of hydrogen-bond acceptors (Lipinski definition) is 4. The summed E-state index contributed by atoms with van der Waals surface area (Å²) in [5.41, 5.74) is 1.71. The third-order valence-corrected chi connectivity index (χ3v) is 5.45. The summed E-state index contributed by atoms with van der Waals surface area (Å²) >= 11 is 3.51. The highest BCUT2D eigenvalue weighted by Crippen LogP contribution is 2.37. The maximum Gasteiger partial charge on any atom is 0.258 e. The summed E-state index contributed by atoms with van der Waals surface area (Å²) < 4.78 is 35.7. The highest BCUT2D eigenvalue weighted by Gasteiger charge is 2.21. The third-order valence-electron chi connectivity index (χ3n) is 4.87. The molecular weight excluding hydrogens is 458 g/mol. The fourth-order valence-corrected chi connectivity index (χ4v) is 3.95. The van der Waals surface area contributed by atoms with Crippen molar-refractivity contribution < 1.29 is 18.3 Å². The number of anilines is 1. The van der Waals surface area contributed by atoms with Crippen LogP contribution in [0.25, 0.3) is 11.3 Å². The first kappa shape index (κ1) is 20.5. The van der Waals surface area contributed by atoms with Gasteiger partial charge in [-0.2, -0.15) is 5.10 Å². The smallest absolute Gasteiger partial charge is 0.258 e. The number of carbonyl (C=O) groups excluding carboxylic acids is 1. The van der Waals surface area contributed by atoms with Crippen molar-refractivity contribution in [3.63, 3.8) is 0 Å². The van der Waals surface area contributed by atoms with E-state index in [1.165, 1.54) is 0 Å². The van der Waals surface area contributed by atoms with Gasteiger partial charge in [-0.05, 0) is 59.2 Å². The number of ether oxygens (including phenoxy) is 1. The predicted octanol–water partition coefficient (Wildman–Crippen LogP) is 4.12. The fraction of sp³-hybridized carbons (Fsp3) is 0.238. The average molecular weight is 477 g/mol. The van der Waals surface area contributed by atoms with Crippen LogP contribution in [0.1, 0.15) is 16.8 Å². The van der Waals surface area contributed by atoms with Gasteiger partial charge in [-0.25, -0.2) is 8.78 Å². The second-order valence-electron chi connectivity index (χ2n) is 6.99. The van der Waals surface area contributed by atoms with Crippen molar-refractivity contribution in [2.24, 2.45) is 7.05 Å². The first-order valence-corrected chi connectivity index (χ1v) is 10.2. The third kappa shape index (κ3) is 4.22. The second kappa shape index (κ2) is 8.53. The van der Waals surface area contributed by atoms with Gasteiger partial charge >= 0.3 is 0 Å². The van der Waals surface area contributed by atoms with Gasteiger partial charge in [0, 0.05) is 30.9 Å². The summed E-state index contributed by atoms with van der Waals surface area (Å²) in [5, 5.41) is 10.2. The zero-order valence-electron chi connectivity index (χ0n) is 16.1. The number of hydrogen-bond donors (Lipinski definition) is 2. The molecule has 3 aromatic rings. The van der Waals surface area contributed by atoms with Crippen LogP contribution in [0.4, 0.5) is 14.5 Å². The van der Waals surface area contributed by atoms with Crippen molar-refractivity contribution >= 4 is 27.5 Å². The quantitative estimate of drug-likeness (QED) is 0.581. The largest absolute Gasteiger partial charge is 0.488 e. The fourth-order valence-electron chi connectivity index (χ4n) is 3.39. The van der Waals surface area contributed by atoms with Gasteiger partial charge in [-0.3, -0.25) is 9.48 Å². The molecule has 1 saturated heterocycles. The SMILES string of the molecule is Cn1ncc(Br)c1-c1cc(NC(=O)c2ccc(F)cc2F)ccc1O[C@@H]1CCNC1. The summed E-state index contributed by atoms with van der Waals surface area (Å²) in [6.45, 7) is 1.65. The lowest BCUT2D eigenvalue weighted by atomic mass is 10.1. The standard InChI is InChI=1S/C21H19BrF2N4O2/c1-28-20(17(22)11-26-28)16-9-13(3-5-19(16)30-14-6-7-25-10-14)27-21(29)15-4-2-12(23)8-18(15)24/h2-5,8-9,11,14,25H,6-7,10H2,1H3,(H,27,29)/t14-/m1/s1. The minimum atomic E-state index is -0.921. The average Bonchev–Trinajstić information content (AvgIpc) is 3.32. The second-order valence-corrected chi connectivity index (χ2v) is 7.84. The van der Waals surface area contributed by atoms with Gasteiger partial charge < -0.3 is 15.4 Å². The zero-order chi connectivity index (χ0) is 21.3. The topological polar surface area (TPSA) is 68.2 Å². The van der Waals surface area contributed by atoms with Crippen LogP contribution in [0.3, 0.4) is 0 Å². The van der Waals surface area contributed by atoms with Crippen LogP contribution in [0.5, 0.6) is 5.75 Å². The molecule has 2 heterocycles. The van der Waals surface area contributed by atoms with E-state index in [0.717, 1.165) is 47.4 Å². The van der Waals surface area contributed by atoms with Gasteiger partial charge in [-0.15, -0.1) is 0 Å². The molecule has 1 aliphatic rings. The molecule has 6 nitrogen and oxygen atoms in total. The molecule has 0 unspecified atom stereocenters. The number of amides is 1. The van der Waals surface area contributed by atoms with E-state index < -0.39 is 17.5 Å². The van der Waals surface area contributed by atoms with E-state index in [1.54, 1.807) is 36.1 Å². The van der Waals surface area contributed by atoms with E-state index in [9.17, 15) is 13.6 Å². The Morgan fingerprint density at radius 2 is 2.13 bits per heavy atom. The number of halogens is 3. The lowest BCUT2D eigenvalue weighted by molar-refractivity contribution is 0.102. The summed E-state index contributed by atoms with van der Waals surface area (Å²) in [4.78, 5) is 12.5. The van der Waals surface area contributed by atoms with E-state index in [1.807, 2.05) is 0 Å². The first-order valence-electron chi connectivity index (χ1n) is 9.38. The van der Waals surface area contributed by atoms with Gasteiger partial charge in [0.05, 0.1) is 21.9 Å². The lowest BCUT2D eigenvalue weighted by Crippen LogP contribution is -2.20. The van der Waals surface area contributed by atoms with Gasteiger partial charge in [0.1, 0.15) is 23.5 Å². The molecule has 9 heteroatoms. The van der Waals surface area contributed by atoms with Crippen LogP contribution in [0, 0.1) is 11.6 Å². The van der Waals surface area contributed by atoms with Gasteiger partial charge in [0.2, 0.25) is 0 Å². The molecule has 30 heavy (non-hydrogen) atoms. The summed E-state index contributed by atoms with van der Waals surface area (Å²) in [7, 11) is 1.81. The molecule has 0 bridgehead atoms. The molecule has 1 aliphatic heterocycles. The van der Waals surface area contributed by atoms with Crippen molar-refractivity contribution in [2.75, 3.05) is 18.4 Å². The zero-order valence-corrected chi connectivity index (χ0v) is 17.7. The lowest BCUT2D eigenvalue weighted by Gasteiger charge is -2.18. The van der Waals surface area contributed by atoms with E-state index >= 15 is 0 Å². The number of nitrogens with zero attached hydrogens (tertiary/aromatic N) is 2. The highest BCUT2D eigenvalue weighted by atomic mass is 79.9.